The van der Waals surface area contributed by atoms with Gasteiger partial charge in [-0.1, -0.05) is 6.07 Å². The molecule has 1 atom stereocenters. The second kappa shape index (κ2) is 5.47. The number of nitro groups is 1. The fourth-order valence-electron chi connectivity index (χ4n) is 2.31. The van der Waals surface area contributed by atoms with Gasteiger partial charge in [-0.2, -0.15) is 4.31 Å². The molecule has 0 aliphatic carbocycles. The van der Waals surface area contributed by atoms with Crippen molar-refractivity contribution in [2.45, 2.75) is 37.2 Å². The van der Waals surface area contributed by atoms with E-state index in [1.165, 1.54) is 16.4 Å². The van der Waals surface area contributed by atoms with E-state index < -0.39 is 21.1 Å². The van der Waals surface area contributed by atoms with Gasteiger partial charge < -0.3 is 5.73 Å². The van der Waals surface area contributed by atoms with Crippen LogP contribution in [0.2, 0.25) is 0 Å². The van der Waals surface area contributed by atoms with Gasteiger partial charge in [0.25, 0.3) is 5.69 Å². The molecule has 0 saturated carbocycles. The fourth-order valence-corrected chi connectivity index (χ4v) is 3.91. The lowest BCUT2D eigenvalue weighted by molar-refractivity contribution is -0.385. The third-order valence-corrected chi connectivity index (χ3v) is 5.40. The minimum Gasteiger partial charge on any atom is -0.315 e. The molecular weight excluding hydrogens is 282 g/mol. The summed E-state index contributed by atoms with van der Waals surface area (Å²) in [5, 5.41) is 10.9. The van der Waals surface area contributed by atoms with Crippen molar-refractivity contribution < 1.29 is 13.3 Å². The fraction of sp³-hybridized carbons (Fsp3) is 0.500. The molecule has 1 aliphatic heterocycles. The standard InChI is InChI=1S/C12H17N3O4S/c1-9-5-6-10(8-11(9)15(16)17)20(18,19)14-7-3-2-4-12(14)13/h5-6,8,12H,2-4,7,13H2,1H3. The van der Waals surface area contributed by atoms with Gasteiger partial charge >= 0.3 is 0 Å². The molecular formula is C12H17N3O4S. The lowest BCUT2D eigenvalue weighted by atomic mass is 10.1. The van der Waals surface area contributed by atoms with Crippen LogP contribution < -0.4 is 5.73 Å². The Labute approximate surface area is 117 Å². The first-order valence-electron chi connectivity index (χ1n) is 6.36. The van der Waals surface area contributed by atoms with Crippen molar-refractivity contribution in [3.8, 4) is 0 Å². The van der Waals surface area contributed by atoms with E-state index in [1.807, 2.05) is 0 Å². The molecule has 20 heavy (non-hydrogen) atoms. The SMILES string of the molecule is Cc1ccc(S(=O)(=O)N2CCCCC2N)cc1[N+](=O)[O-]. The molecule has 1 fully saturated rings. The third kappa shape index (κ3) is 2.67. The zero-order valence-corrected chi connectivity index (χ0v) is 12.0. The maximum atomic E-state index is 12.5. The molecule has 0 aromatic heterocycles. The Morgan fingerprint density at radius 2 is 2.10 bits per heavy atom. The van der Waals surface area contributed by atoms with Crippen LogP contribution in [-0.2, 0) is 10.0 Å². The van der Waals surface area contributed by atoms with Gasteiger partial charge in [-0.15, -0.1) is 0 Å². The van der Waals surface area contributed by atoms with Crippen LogP contribution in [0.3, 0.4) is 0 Å². The summed E-state index contributed by atoms with van der Waals surface area (Å²) in [6.07, 6.45) is 1.68. The molecule has 1 aromatic carbocycles. The summed E-state index contributed by atoms with van der Waals surface area (Å²) in [6, 6.07) is 3.94. The Hall–Kier alpha value is -1.51. The summed E-state index contributed by atoms with van der Waals surface area (Å²) >= 11 is 0. The van der Waals surface area contributed by atoms with Gasteiger partial charge in [0.15, 0.2) is 0 Å². The van der Waals surface area contributed by atoms with E-state index in [9.17, 15) is 18.5 Å². The van der Waals surface area contributed by atoms with E-state index in [-0.39, 0.29) is 10.6 Å². The van der Waals surface area contributed by atoms with Gasteiger partial charge in [0, 0.05) is 18.2 Å². The zero-order valence-electron chi connectivity index (χ0n) is 11.2. The summed E-state index contributed by atoms with van der Waals surface area (Å²) in [7, 11) is -3.78. The van der Waals surface area contributed by atoms with Gasteiger partial charge in [-0.3, -0.25) is 10.1 Å². The first-order chi connectivity index (χ1) is 9.34. The molecule has 1 aromatic rings. The van der Waals surface area contributed by atoms with Crippen molar-refractivity contribution in [3.05, 3.63) is 33.9 Å². The molecule has 1 saturated heterocycles. The molecule has 0 spiro atoms. The predicted molar refractivity (Wildman–Crippen MR) is 73.6 cm³/mol. The number of hydrogen-bond acceptors (Lipinski definition) is 5. The Morgan fingerprint density at radius 1 is 1.40 bits per heavy atom. The molecule has 1 aliphatic rings. The monoisotopic (exact) mass is 299 g/mol. The number of nitro benzene ring substituents is 1. The van der Waals surface area contributed by atoms with E-state index in [1.54, 1.807) is 6.92 Å². The molecule has 2 N–H and O–H groups in total. The lowest BCUT2D eigenvalue weighted by Crippen LogP contribution is -2.48. The van der Waals surface area contributed by atoms with Crippen molar-refractivity contribution in [1.29, 1.82) is 0 Å². The number of nitrogens with zero attached hydrogens (tertiary/aromatic N) is 2. The summed E-state index contributed by atoms with van der Waals surface area (Å²) in [5.74, 6) is 0. The molecule has 2 rings (SSSR count). The zero-order chi connectivity index (χ0) is 14.9. The first-order valence-corrected chi connectivity index (χ1v) is 7.80. The maximum Gasteiger partial charge on any atom is 0.273 e. The molecule has 8 heteroatoms. The minimum atomic E-state index is -3.78. The van der Waals surface area contributed by atoms with Crippen LogP contribution in [0, 0.1) is 17.0 Å². The Bertz CT molecular complexity index is 630. The molecule has 0 radical (unpaired) electrons. The quantitative estimate of drug-likeness (QED) is 0.670. The highest BCUT2D eigenvalue weighted by molar-refractivity contribution is 7.89. The summed E-state index contributed by atoms with van der Waals surface area (Å²) in [4.78, 5) is 10.3. The van der Waals surface area contributed by atoms with Gasteiger partial charge in [-0.25, -0.2) is 8.42 Å². The Morgan fingerprint density at radius 3 is 2.70 bits per heavy atom. The highest BCUT2D eigenvalue weighted by Crippen LogP contribution is 2.27. The Kier molecular flexibility index (Phi) is 4.07. The average molecular weight is 299 g/mol. The van der Waals surface area contributed by atoms with Crippen LogP contribution in [0.4, 0.5) is 5.69 Å². The van der Waals surface area contributed by atoms with Crippen molar-refractivity contribution in [1.82, 2.24) is 4.31 Å². The molecule has 7 nitrogen and oxygen atoms in total. The van der Waals surface area contributed by atoms with Crippen LogP contribution >= 0.6 is 0 Å². The Balaban J connectivity index is 2.44. The van der Waals surface area contributed by atoms with Crippen molar-refractivity contribution in [3.63, 3.8) is 0 Å². The van der Waals surface area contributed by atoms with E-state index in [2.05, 4.69) is 0 Å². The van der Waals surface area contributed by atoms with Crippen LogP contribution in [-0.4, -0.2) is 30.4 Å². The second-order valence-corrected chi connectivity index (χ2v) is 6.77. The smallest absolute Gasteiger partial charge is 0.273 e. The number of benzene rings is 1. The van der Waals surface area contributed by atoms with Crippen LogP contribution in [0.5, 0.6) is 0 Å². The van der Waals surface area contributed by atoms with Crippen LogP contribution in [0.1, 0.15) is 24.8 Å². The number of nitrogens with two attached hydrogens (primary N) is 1. The molecule has 1 unspecified atom stereocenters. The third-order valence-electron chi connectivity index (χ3n) is 3.48. The largest absolute Gasteiger partial charge is 0.315 e. The second-order valence-electron chi connectivity index (χ2n) is 4.88. The number of aryl methyl sites for hydroxylation is 1. The lowest BCUT2D eigenvalue weighted by Gasteiger charge is -2.31. The van der Waals surface area contributed by atoms with E-state index >= 15 is 0 Å². The summed E-state index contributed by atoms with van der Waals surface area (Å²) in [5.41, 5.74) is 6.07. The van der Waals surface area contributed by atoms with Gasteiger partial charge in [0.05, 0.1) is 16.0 Å². The minimum absolute atomic E-state index is 0.0767. The first kappa shape index (κ1) is 14.9. The summed E-state index contributed by atoms with van der Waals surface area (Å²) < 4.78 is 26.2. The molecule has 0 bridgehead atoms. The number of sulfonamides is 1. The van der Waals surface area contributed by atoms with Crippen LogP contribution in [0.25, 0.3) is 0 Å². The highest BCUT2D eigenvalue weighted by Gasteiger charge is 2.32. The number of hydrogen-bond donors (Lipinski definition) is 1. The molecule has 0 amide bonds. The van der Waals surface area contributed by atoms with Crippen LogP contribution in [0.15, 0.2) is 23.1 Å². The predicted octanol–water partition coefficient (Wildman–Crippen LogP) is 1.36. The molecule has 110 valence electrons. The number of piperidine rings is 1. The van der Waals surface area contributed by atoms with E-state index in [4.69, 9.17) is 5.73 Å². The van der Waals surface area contributed by atoms with E-state index in [0.29, 0.717) is 18.5 Å². The highest BCUT2D eigenvalue weighted by atomic mass is 32.2. The van der Waals surface area contributed by atoms with Gasteiger partial charge in [-0.05, 0) is 32.3 Å². The topological polar surface area (TPSA) is 107 Å². The summed E-state index contributed by atoms with van der Waals surface area (Å²) in [6.45, 7) is 1.92. The van der Waals surface area contributed by atoms with Crippen molar-refractivity contribution >= 4 is 15.7 Å². The van der Waals surface area contributed by atoms with Gasteiger partial charge in [0.1, 0.15) is 0 Å². The van der Waals surface area contributed by atoms with Gasteiger partial charge in [0.2, 0.25) is 10.0 Å². The average Bonchev–Trinajstić information content (AvgIpc) is 2.38. The number of rotatable bonds is 3. The normalized spacial score (nSPS) is 20.8. The van der Waals surface area contributed by atoms with E-state index in [0.717, 1.165) is 18.9 Å². The van der Waals surface area contributed by atoms with Crippen molar-refractivity contribution in [2.24, 2.45) is 5.73 Å². The molecule has 1 heterocycles. The van der Waals surface area contributed by atoms with Crippen molar-refractivity contribution in [2.75, 3.05) is 6.54 Å². The maximum absolute atomic E-state index is 12.5.